The minimum Gasteiger partial charge on any atom is -0.507 e. The van der Waals surface area contributed by atoms with Crippen molar-refractivity contribution in [1.82, 2.24) is 5.43 Å². The Bertz CT molecular complexity index is 816. The summed E-state index contributed by atoms with van der Waals surface area (Å²) in [5.41, 5.74) is 2.61. The van der Waals surface area contributed by atoms with Gasteiger partial charge in [-0.2, -0.15) is 5.10 Å². The molecule has 0 saturated carbocycles. The van der Waals surface area contributed by atoms with Crippen LogP contribution in [0.25, 0.3) is 0 Å². The van der Waals surface area contributed by atoms with Crippen molar-refractivity contribution in [3.63, 3.8) is 0 Å². The summed E-state index contributed by atoms with van der Waals surface area (Å²) in [7, 11) is 0. The number of nitro benzene ring substituents is 1. The molecule has 0 saturated heterocycles. The van der Waals surface area contributed by atoms with Crippen molar-refractivity contribution in [2.24, 2.45) is 11.0 Å². The number of nitrogens with zero attached hydrogens (tertiary/aromatic N) is 2. The molecule has 8 heteroatoms. The van der Waals surface area contributed by atoms with E-state index in [0.717, 1.165) is 12.3 Å². The van der Waals surface area contributed by atoms with Gasteiger partial charge in [0.2, 0.25) is 0 Å². The van der Waals surface area contributed by atoms with Gasteiger partial charge in [0.1, 0.15) is 11.5 Å². The molecule has 0 aliphatic rings. The lowest BCUT2D eigenvalue weighted by Gasteiger charge is -2.08. The first-order valence-corrected chi connectivity index (χ1v) is 7.90. The van der Waals surface area contributed by atoms with Crippen LogP contribution < -0.4 is 10.2 Å². The first-order valence-electron chi connectivity index (χ1n) is 7.90. The molecule has 2 N–H and O–H groups in total. The minimum absolute atomic E-state index is 0.122. The number of nitrogens with one attached hydrogen (secondary N) is 1. The fourth-order valence-corrected chi connectivity index (χ4v) is 1.95. The van der Waals surface area contributed by atoms with Gasteiger partial charge in [0.15, 0.2) is 0 Å². The predicted molar refractivity (Wildman–Crippen MR) is 96.6 cm³/mol. The van der Waals surface area contributed by atoms with Crippen LogP contribution in [0.5, 0.6) is 11.5 Å². The van der Waals surface area contributed by atoms with Crippen LogP contribution in [0.3, 0.4) is 0 Å². The Hall–Kier alpha value is -3.42. The molecule has 0 heterocycles. The second-order valence-corrected chi connectivity index (χ2v) is 5.93. The maximum Gasteiger partial charge on any atom is 0.271 e. The summed E-state index contributed by atoms with van der Waals surface area (Å²) in [6.07, 6.45) is 1.14. The highest BCUT2D eigenvalue weighted by atomic mass is 16.6. The summed E-state index contributed by atoms with van der Waals surface area (Å²) in [6, 6.07) is 10.1. The molecule has 136 valence electrons. The molecule has 0 radical (unpaired) electrons. The fraction of sp³-hybridized carbons (Fsp3) is 0.222. The average Bonchev–Trinajstić information content (AvgIpc) is 2.61. The number of benzene rings is 2. The quantitative estimate of drug-likeness (QED) is 0.449. The molecule has 0 spiro atoms. The third-order valence-corrected chi connectivity index (χ3v) is 3.29. The number of hydrazone groups is 1. The largest absolute Gasteiger partial charge is 0.507 e. The Labute approximate surface area is 150 Å². The number of hydrogen-bond donors (Lipinski definition) is 2. The molecule has 2 aromatic rings. The topological polar surface area (TPSA) is 114 Å². The number of aromatic hydroxyl groups is 1. The van der Waals surface area contributed by atoms with Crippen molar-refractivity contribution in [2.45, 2.75) is 13.8 Å². The highest BCUT2D eigenvalue weighted by Gasteiger charge is 2.09. The van der Waals surface area contributed by atoms with Crippen LogP contribution in [0, 0.1) is 16.0 Å². The number of non-ortho nitro benzene ring substituents is 1. The van der Waals surface area contributed by atoms with E-state index >= 15 is 0 Å². The third kappa shape index (κ3) is 5.30. The molecule has 1 amide bonds. The van der Waals surface area contributed by atoms with Gasteiger partial charge in [-0.05, 0) is 36.2 Å². The van der Waals surface area contributed by atoms with Crippen LogP contribution in [0.1, 0.15) is 29.8 Å². The van der Waals surface area contributed by atoms with E-state index in [2.05, 4.69) is 10.5 Å². The van der Waals surface area contributed by atoms with Crippen LogP contribution in [-0.4, -0.2) is 28.8 Å². The molecular weight excluding hydrogens is 338 g/mol. The van der Waals surface area contributed by atoms with Crippen molar-refractivity contribution in [3.8, 4) is 11.5 Å². The lowest BCUT2D eigenvalue weighted by Crippen LogP contribution is -2.17. The number of carbonyl (C=O) groups is 1. The Morgan fingerprint density at radius 1 is 1.31 bits per heavy atom. The summed E-state index contributed by atoms with van der Waals surface area (Å²) in [6.45, 7) is 4.67. The summed E-state index contributed by atoms with van der Waals surface area (Å²) in [5.74, 6) is 0.430. The second kappa shape index (κ2) is 8.61. The van der Waals surface area contributed by atoms with E-state index in [9.17, 15) is 20.0 Å². The molecule has 2 aromatic carbocycles. The molecule has 0 aliphatic carbocycles. The van der Waals surface area contributed by atoms with E-state index in [4.69, 9.17) is 4.74 Å². The molecule has 26 heavy (non-hydrogen) atoms. The first-order chi connectivity index (χ1) is 12.4. The van der Waals surface area contributed by atoms with Crippen molar-refractivity contribution in [1.29, 1.82) is 0 Å². The van der Waals surface area contributed by atoms with Crippen LogP contribution in [0.4, 0.5) is 5.69 Å². The van der Waals surface area contributed by atoms with Gasteiger partial charge in [-0.25, -0.2) is 5.43 Å². The van der Waals surface area contributed by atoms with E-state index < -0.39 is 10.8 Å². The van der Waals surface area contributed by atoms with E-state index in [1.807, 2.05) is 13.8 Å². The molecule has 0 unspecified atom stereocenters. The Balaban J connectivity index is 1.99. The molecule has 2 rings (SSSR count). The van der Waals surface area contributed by atoms with Crippen molar-refractivity contribution >= 4 is 17.8 Å². The highest BCUT2D eigenvalue weighted by molar-refractivity contribution is 5.95. The number of nitro groups is 1. The summed E-state index contributed by atoms with van der Waals surface area (Å²) >= 11 is 0. The monoisotopic (exact) mass is 357 g/mol. The Kier molecular flexibility index (Phi) is 6.26. The maximum atomic E-state index is 12.0. The summed E-state index contributed by atoms with van der Waals surface area (Å²) < 4.78 is 5.54. The average molecular weight is 357 g/mol. The van der Waals surface area contributed by atoms with Gasteiger partial charge in [-0.1, -0.05) is 13.8 Å². The van der Waals surface area contributed by atoms with Crippen LogP contribution in [0.2, 0.25) is 0 Å². The fourth-order valence-electron chi connectivity index (χ4n) is 1.95. The van der Waals surface area contributed by atoms with Crippen LogP contribution in [0.15, 0.2) is 47.6 Å². The van der Waals surface area contributed by atoms with Gasteiger partial charge in [0.05, 0.1) is 17.7 Å². The molecule has 0 atom stereocenters. The van der Waals surface area contributed by atoms with E-state index in [0.29, 0.717) is 23.8 Å². The number of ether oxygens (including phenoxy) is 1. The molecule has 0 aliphatic heterocycles. The van der Waals surface area contributed by atoms with Gasteiger partial charge in [0.25, 0.3) is 11.6 Å². The third-order valence-electron chi connectivity index (χ3n) is 3.29. The van der Waals surface area contributed by atoms with E-state index in [1.165, 1.54) is 12.1 Å². The van der Waals surface area contributed by atoms with Crippen molar-refractivity contribution in [3.05, 3.63) is 63.7 Å². The highest BCUT2D eigenvalue weighted by Crippen LogP contribution is 2.21. The summed E-state index contributed by atoms with van der Waals surface area (Å²) in [4.78, 5) is 22.2. The molecule has 0 bridgehead atoms. The van der Waals surface area contributed by atoms with E-state index in [-0.39, 0.29) is 17.0 Å². The van der Waals surface area contributed by atoms with Gasteiger partial charge < -0.3 is 9.84 Å². The van der Waals surface area contributed by atoms with Gasteiger partial charge in [0, 0.05) is 23.3 Å². The van der Waals surface area contributed by atoms with E-state index in [1.54, 1.807) is 24.3 Å². The van der Waals surface area contributed by atoms with Gasteiger partial charge in [-0.3, -0.25) is 14.9 Å². The SMILES string of the molecule is CC(C)COc1ccc(C(=O)NN=Cc2cc([N+](=O)[O-])ccc2O)cc1. The number of carbonyl (C=O) groups excluding carboxylic acids is 1. The zero-order valence-corrected chi connectivity index (χ0v) is 14.4. The summed E-state index contributed by atoms with van der Waals surface area (Å²) in [5, 5.41) is 24.1. The second-order valence-electron chi connectivity index (χ2n) is 5.93. The number of phenols is 1. The zero-order chi connectivity index (χ0) is 19.1. The van der Waals surface area contributed by atoms with Crippen LogP contribution >= 0.6 is 0 Å². The predicted octanol–water partition coefficient (Wildman–Crippen LogP) is 3.10. The zero-order valence-electron chi connectivity index (χ0n) is 14.4. The van der Waals surface area contributed by atoms with Gasteiger partial charge >= 0.3 is 0 Å². The number of amides is 1. The minimum atomic E-state index is -0.585. The lowest BCUT2D eigenvalue weighted by atomic mass is 10.2. The van der Waals surface area contributed by atoms with Crippen molar-refractivity contribution < 1.29 is 19.6 Å². The lowest BCUT2D eigenvalue weighted by molar-refractivity contribution is -0.384. The Morgan fingerprint density at radius 3 is 2.62 bits per heavy atom. The normalized spacial score (nSPS) is 10.9. The molecule has 0 aromatic heterocycles. The number of hydrogen-bond acceptors (Lipinski definition) is 6. The maximum absolute atomic E-state index is 12.0. The smallest absolute Gasteiger partial charge is 0.271 e. The standard InChI is InChI=1S/C18H19N3O5/c1-12(2)11-26-16-6-3-13(4-7-16)18(23)20-19-10-14-9-15(21(24)25)5-8-17(14)22/h3-10,12,22H,11H2,1-2H3,(H,20,23). The van der Waals surface area contributed by atoms with Crippen LogP contribution in [-0.2, 0) is 0 Å². The van der Waals surface area contributed by atoms with Crippen molar-refractivity contribution in [2.75, 3.05) is 6.61 Å². The molecule has 8 nitrogen and oxygen atoms in total. The molecular formula is C18H19N3O5. The number of phenolic OH excluding ortho intramolecular Hbond substituents is 1. The van der Waals surface area contributed by atoms with Gasteiger partial charge in [-0.15, -0.1) is 0 Å². The number of rotatable bonds is 7. The Morgan fingerprint density at radius 2 is 2.00 bits per heavy atom. The first kappa shape index (κ1) is 18.9. The molecule has 0 fully saturated rings.